The van der Waals surface area contributed by atoms with Crippen LogP contribution in [0.15, 0.2) is 24.3 Å². The minimum Gasteiger partial charge on any atom is -0.508 e. The van der Waals surface area contributed by atoms with E-state index >= 15 is 0 Å². The molecule has 4 aliphatic heterocycles. The Morgan fingerprint density at radius 3 is 2.09 bits per heavy atom. The Balaban J connectivity index is 0.00000346. The highest BCUT2D eigenvalue weighted by molar-refractivity contribution is 5.98. The predicted molar refractivity (Wildman–Crippen MR) is 247 cm³/mol. The standard InChI is InChI=1S/C43H66N8O16.C3H8/c1-4-5-6-13-45-25-17-29-41(66-15-12-20(2)67-29)49-40(63)34-27(55)11-14-50(34)43(65)32(28(56)18-30(44)57)47-39(62)33(36(59)35(58)22-7-9-23(53)10-8-22)48-38(61)26-16-24(54)19-51(26)42(64)31(21(3)52)46-37(25)60;1-3-2/h7-10,20-21,24-29,31-36,41,45,52-56,58-59H,4-6,11-19H2,1-3H3,(H2,44,57)(H,46,60)(H,47,62)(H,48,61)(H,49,63);3H2,1-2H3/t20?,21-,24-,25+,26?,27+,28-,29-,31?,32?,33?,34?,35?,36?,41-;/m1./s1. The van der Waals surface area contributed by atoms with Crippen molar-refractivity contribution in [3.05, 3.63) is 29.8 Å². The molecule has 0 aliphatic carbocycles. The number of hydrogen-bond donors (Lipinski definition) is 13. The summed E-state index contributed by atoms with van der Waals surface area (Å²) in [5, 5.41) is 90.0. The summed E-state index contributed by atoms with van der Waals surface area (Å²) in [5.74, 6) is -7.98. The lowest BCUT2D eigenvalue weighted by molar-refractivity contribution is -0.150. The Kier molecular flexibility index (Phi) is 22.2. The largest absolute Gasteiger partial charge is 0.508 e. The molecule has 70 heavy (non-hydrogen) atoms. The van der Waals surface area contributed by atoms with Crippen molar-refractivity contribution in [2.24, 2.45) is 5.73 Å². The highest BCUT2D eigenvalue weighted by Gasteiger charge is 2.49. The molecule has 5 rings (SSSR count). The Morgan fingerprint density at radius 2 is 1.46 bits per heavy atom. The summed E-state index contributed by atoms with van der Waals surface area (Å²) in [6.07, 6.45) is -11.6. The van der Waals surface area contributed by atoms with Gasteiger partial charge in [-0.25, -0.2) is 0 Å². The number of carbonyl (C=O) groups is 7. The lowest BCUT2D eigenvalue weighted by Crippen LogP contribution is -2.64. The minimum atomic E-state index is -2.30. The zero-order chi connectivity index (χ0) is 52.0. The van der Waals surface area contributed by atoms with E-state index in [2.05, 4.69) is 40.4 Å². The zero-order valence-corrected chi connectivity index (χ0v) is 40.4. The van der Waals surface area contributed by atoms with E-state index in [4.69, 9.17) is 15.2 Å². The second-order valence-electron chi connectivity index (χ2n) is 18.4. The molecule has 0 aromatic heterocycles. The number of aromatic hydroxyl groups is 1. The molecule has 4 fully saturated rings. The van der Waals surface area contributed by atoms with Crippen LogP contribution in [0.1, 0.15) is 104 Å². The van der Waals surface area contributed by atoms with E-state index in [0.29, 0.717) is 19.4 Å². The lowest BCUT2D eigenvalue weighted by atomic mass is 9.96. The molecule has 4 heterocycles. The van der Waals surface area contributed by atoms with E-state index in [1.807, 2.05) is 6.92 Å². The van der Waals surface area contributed by atoms with Crippen LogP contribution in [0.2, 0.25) is 0 Å². The van der Waals surface area contributed by atoms with Crippen LogP contribution in [0.3, 0.4) is 0 Å². The topological polar surface area (TPSA) is 372 Å². The van der Waals surface area contributed by atoms with Crippen molar-refractivity contribution in [2.75, 3.05) is 26.2 Å². The maximum atomic E-state index is 14.5. The van der Waals surface area contributed by atoms with Crippen molar-refractivity contribution < 1.29 is 78.8 Å². The van der Waals surface area contributed by atoms with Crippen molar-refractivity contribution in [2.45, 2.75) is 184 Å². The fourth-order valence-corrected chi connectivity index (χ4v) is 8.75. The predicted octanol–water partition coefficient (Wildman–Crippen LogP) is -3.61. The zero-order valence-electron chi connectivity index (χ0n) is 40.4. The average Bonchev–Trinajstić information content (AvgIpc) is 3.85. The molecule has 24 heteroatoms. The molecule has 15 atom stereocenters. The van der Waals surface area contributed by atoms with E-state index in [9.17, 15) is 69.3 Å². The number of ether oxygens (including phenoxy) is 2. The van der Waals surface area contributed by atoms with Gasteiger partial charge in [-0.3, -0.25) is 33.6 Å². The fraction of sp³-hybridized carbons (Fsp3) is 0.717. The molecule has 0 bridgehead atoms. The molecule has 7 amide bonds. The molecular weight excluding hydrogens is 921 g/mol. The number of fused-ring (bicyclic) bond motifs is 3. The number of rotatable bonds is 12. The maximum Gasteiger partial charge on any atom is 0.248 e. The Hall–Kier alpha value is -5.05. The van der Waals surface area contributed by atoms with Crippen LogP contribution >= 0.6 is 0 Å². The van der Waals surface area contributed by atoms with Gasteiger partial charge in [0.25, 0.3) is 0 Å². The number of aliphatic hydroxyl groups excluding tert-OH is 6. The SMILES string of the molecule is CCC.CCCCCN[C@H]1C[C@H]2OC(C)CCO[C@H]2NC(=O)C2[C@@H](O)CCN2C(=O)C([C@H](O)CC(N)=O)NC(=O)C(C(O)C(O)c2ccc(O)cc2)NC(=O)C2C[C@@H](O)CN2C(=O)C([C@@H](C)O)NC1=O. The number of nitrogens with one attached hydrogen (secondary N) is 5. The number of hydrogen-bond acceptors (Lipinski definition) is 17. The number of aliphatic hydroxyl groups is 6. The van der Waals surface area contributed by atoms with Gasteiger partial charge in [0.2, 0.25) is 41.4 Å². The van der Waals surface area contributed by atoms with Crippen LogP contribution in [-0.2, 0) is 43.0 Å². The van der Waals surface area contributed by atoms with Crippen LogP contribution in [0.5, 0.6) is 5.75 Å². The normalized spacial score (nSPS) is 31.3. The first-order valence-electron chi connectivity index (χ1n) is 24.1. The van der Waals surface area contributed by atoms with E-state index in [1.54, 1.807) is 6.92 Å². The van der Waals surface area contributed by atoms with Crippen LogP contribution < -0.4 is 32.3 Å². The van der Waals surface area contributed by atoms with Crippen molar-refractivity contribution >= 4 is 41.4 Å². The maximum absolute atomic E-state index is 14.5. The quantitative estimate of drug-likeness (QED) is 0.0900. The van der Waals surface area contributed by atoms with E-state index in [-0.39, 0.29) is 37.3 Å². The summed E-state index contributed by atoms with van der Waals surface area (Å²) < 4.78 is 12.3. The van der Waals surface area contributed by atoms with Crippen LogP contribution in [0, 0.1) is 0 Å². The highest BCUT2D eigenvalue weighted by atomic mass is 16.6. The van der Waals surface area contributed by atoms with Crippen molar-refractivity contribution in [1.29, 1.82) is 0 Å². The van der Waals surface area contributed by atoms with Crippen LogP contribution in [-0.4, -0.2) is 198 Å². The fourth-order valence-electron chi connectivity index (χ4n) is 8.75. The van der Waals surface area contributed by atoms with Gasteiger partial charge in [0.05, 0.1) is 49.6 Å². The summed E-state index contributed by atoms with van der Waals surface area (Å²) >= 11 is 0. The molecule has 8 unspecified atom stereocenters. The lowest BCUT2D eigenvalue weighted by Gasteiger charge is -2.35. The Bertz CT molecular complexity index is 1930. The number of carbonyl (C=O) groups excluding carboxylic acids is 7. The summed E-state index contributed by atoms with van der Waals surface area (Å²) in [7, 11) is 0. The highest BCUT2D eigenvalue weighted by Crippen LogP contribution is 2.27. The first-order chi connectivity index (χ1) is 33.1. The summed E-state index contributed by atoms with van der Waals surface area (Å²) in [5.41, 5.74) is 5.30. The molecule has 0 spiro atoms. The van der Waals surface area contributed by atoms with E-state index in [0.717, 1.165) is 34.8 Å². The molecule has 14 N–H and O–H groups in total. The number of amides is 7. The number of benzene rings is 1. The number of phenols is 1. The number of nitrogens with zero attached hydrogens (tertiary/aromatic N) is 2. The van der Waals surface area contributed by atoms with Gasteiger partial charge in [-0.2, -0.15) is 0 Å². The molecule has 4 aliphatic rings. The van der Waals surface area contributed by atoms with Crippen LogP contribution in [0.4, 0.5) is 0 Å². The first kappa shape index (κ1) is 57.5. The Morgan fingerprint density at radius 1 is 0.829 bits per heavy atom. The van der Waals surface area contributed by atoms with Crippen molar-refractivity contribution in [3.8, 4) is 5.75 Å². The van der Waals surface area contributed by atoms with Crippen LogP contribution in [0.25, 0.3) is 0 Å². The van der Waals surface area contributed by atoms with Gasteiger partial charge >= 0.3 is 0 Å². The second kappa shape index (κ2) is 27.0. The molecule has 0 saturated carbocycles. The third kappa shape index (κ3) is 15.2. The van der Waals surface area contributed by atoms with Gasteiger partial charge in [0.15, 0.2) is 6.23 Å². The first-order valence-corrected chi connectivity index (χ1v) is 24.1. The summed E-state index contributed by atoms with van der Waals surface area (Å²) in [6, 6.07) is -5.93. The monoisotopic (exact) mass is 995 g/mol. The van der Waals surface area contributed by atoms with Gasteiger partial charge < -0.3 is 87.3 Å². The molecule has 0 radical (unpaired) electrons. The van der Waals surface area contributed by atoms with Gasteiger partial charge in [0.1, 0.15) is 54.3 Å². The van der Waals surface area contributed by atoms with Crippen molar-refractivity contribution in [1.82, 2.24) is 36.4 Å². The van der Waals surface area contributed by atoms with E-state index < -0.39 is 152 Å². The molecule has 394 valence electrons. The average molecular weight is 995 g/mol. The van der Waals surface area contributed by atoms with E-state index in [1.165, 1.54) is 25.5 Å². The second-order valence-corrected chi connectivity index (χ2v) is 18.4. The molecule has 24 nitrogen and oxygen atoms in total. The summed E-state index contributed by atoms with van der Waals surface area (Å²) in [6.45, 7) is 8.78. The van der Waals surface area contributed by atoms with Gasteiger partial charge in [0, 0.05) is 25.9 Å². The molecule has 1 aromatic rings. The smallest absolute Gasteiger partial charge is 0.248 e. The number of phenolic OH excluding ortho intramolecular Hbond substituents is 1. The molecule has 1 aromatic carbocycles. The van der Waals surface area contributed by atoms with Gasteiger partial charge in [-0.05, 0) is 57.4 Å². The van der Waals surface area contributed by atoms with Gasteiger partial charge in [-0.15, -0.1) is 0 Å². The third-order valence-corrected chi connectivity index (χ3v) is 12.5. The van der Waals surface area contributed by atoms with Gasteiger partial charge in [-0.1, -0.05) is 52.2 Å². The molecular formula is C46H74N8O16. The van der Waals surface area contributed by atoms with Crippen molar-refractivity contribution in [3.63, 3.8) is 0 Å². The third-order valence-electron chi connectivity index (χ3n) is 12.5. The Labute approximate surface area is 407 Å². The molecule has 4 saturated heterocycles. The summed E-state index contributed by atoms with van der Waals surface area (Å²) in [4.78, 5) is 100. The minimum absolute atomic E-state index is 0.0648. The number of nitrogens with two attached hydrogens (primary N) is 1. The number of primary amides is 1. The number of unbranched alkanes of at least 4 members (excludes halogenated alkanes) is 2.